The number of thioether (sulfide) groups is 1. The quantitative estimate of drug-likeness (QED) is 0.715. The molecule has 130 valence electrons. The molecule has 0 aliphatic rings. The lowest BCUT2D eigenvalue weighted by Gasteiger charge is -2.14. The maximum absolute atomic E-state index is 12.9. The molecule has 0 aliphatic heterocycles. The van der Waals surface area contributed by atoms with Gasteiger partial charge in [-0.3, -0.25) is 9.36 Å². The average Bonchev–Trinajstić information content (AvgIpc) is 2.91. The standard InChI is InChI=1S/C16H21FN4O2S/c1-3-4-9-21-15(23)19-20-16(21)24-10-14(22)18-11(2)12-5-7-13(17)8-6-12/h5-8,11H,3-4,9-10H2,1-2H3,(H,18,22)(H,19,23)/t11-/m0/s1. The molecule has 0 saturated heterocycles. The van der Waals surface area contributed by atoms with Crippen LogP contribution in [-0.2, 0) is 11.3 Å². The van der Waals surface area contributed by atoms with Crippen molar-refractivity contribution >= 4 is 17.7 Å². The van der Waals surface area contributed by atoms with E-state index in [4.69, 9.17) is 0 Å². The van der Waals surface area contributed by atoms with Crippen molar-refractivity contribution in [1.29, 1.82) is 0 Å². The minimum atomic E-state index is -0.309. The number of benzene rings is 1. The number of H-pyrrole nitrogens is 1. The summed E-state index contributed by atoms with van der Waals surface area (Å²) in [6.45, 7) is 4.46. The number of aromatic amines is 1. The van der Waals surface area contributed by atoms with Crippen molar-refractivity contribution in [1.82, 2.24) is 20.1 Å². The SMILES string of the molecule is CCCCn1c(SCC(=O)N[C@@H](C)c2ccc(F)cc2)n[nH]c1=O. The van der Waals surface area contributed by atoms with E-state index in [1.807, 2.05) is 13.8 Å². The Morgan fingerprint density at radius 3 is 2.79 bits per heavy atom. The summed E-state index contributed by atoms with van der Waals surface area (Å²) in [7, 11) is 0. The molecule has 0 radical (unpaired) electrons. The second kappa shape index (κ2) is 8.68. The van der Waals surface area contributed by atoms with E-state index in [1.165, 1.54) is 23.9 Å². The van der Waals surface area contributed by atoms with Gasteiger partial charge in [-0.25, -0.2) is 14.3 Å². The van der Waals surface area contributed by atoms with Gasteiger partial charge in [0.1, 0.15) is 5.82 Å². The molecule has 0 fully saturated rings. The van der Waals surface area contributed by atoms with Crippen molar-refractivity contribution in [2.75, 3.05) is 5.75 Å². The molecule has 24 heavy (non-hydrogen) atoms. The van der Waals surface area contributed by atoms with E-state index in [9.17, 15) is 14.0 Å². The van der Waals surface area contributed by atoms with Crippen LogP contribution in [0.3, 0.4) is 0 Å². The third-order valence-electron chi connectivity index (χ3n) is 3.54. The molecular weight excluding hydrogens is 331 g/mol. The topological polar surface area (TPSA) is 79.8 Å². The second-order valence-corrected chi connectivity index (χ2v) is 6.39. The smallest absolute Gasteiger partial charge is 0.343 e. The molecule has 1 aromatic heterocycles. The number of aromatic nitrogens is 3. The summed E-state index contributed by atoms with van der Waals surface area (Å²) in [4.78, 5) is 23.7. The van der Waals surface area contributed by atoms with E-state index in [2.05, 4.69) is 15.5 Å². The van der Waals surface area contributed by atoms with E-state index in [0.29, 0.717) is 11.7 Å². The van der Waals surface area contributed by atoms with E-state index in [1.54, 1.807) is 16.7 Å². The van der Waals surface area contributed by atoms with Gasteiger partial charge in [0, 0.05) is 6.54 Å². The van der Waals surface area contributed by atoms with Gasteiger partial charge in [-0.1, -0.05) is 37.2 Å². The molecule has 1 atom stereocenters. The fraction of sp³-hybridized carbons (Fsp3) is 0.438. The number of nitrogens with one attached hydrogen (secondary N) is 2. The van der Waals surface area contributed by atoms with Gasteiger partial charge in [-0.15, -0.1) is 5.10 Å². The van der Waals surface area contributed by atoms with Gasteiger partial charge >= 0.3 is 5.69 Å². The van der Waals surface area contributed by atoms with E-state index in [0.717, 1.165) is 18.4 Å². The molecule has 2 N–H and O–H groups in total. The summed E-state index contributed by atoms with van der Waals surface area (Å²) < 4.78 is 14.5. The number of rotatable bonds is 8. The van der Waals surface area contributed by atoms with Crippen LogP contribution in [0.15, 0.2) is 34.2 Å². The van der Waals surface area contributed by atoms with E-state index in [-0.39, 0.29) is 29.2 Å². The molecule has 8 heteroatoms. The van der Waals surface area contributed by atoms with Crippen LogP contribution >= 0.6 is 11.8 Å². The van der Waals surface area contributed by atoms with Gasteiger partial charge in [-0.2, -0.15) is 0 Å². The first-order valence-corrected chi connectivity index (χ1v) is 8.82. The van der Waals surface area contributed by atoms with Gasteiger partial charge in [-0.05, 0) is 31.0 Å². The van der Waals surface area contributed by atoms with Crippen molar-refractivity contribution < 1.29 is 9.18 Å². The lowest BCUT2D eigenvalue weighted by Crippen LogP contribution is -2.28. The first-order chi connectivity index (χ1) is 11.5. The third kappa shape index (κ3) is 4.95. The van der Waals surface area contributed by atoms with Crippen LogP contribution < -0.4 is 11.0 Å². The van der Waals surface area contributed by atoms with Crippen LogP contribution in [-0.4, -0.2) is 26.4 Å². The Kier molecular flexibility index (Phi) is 6.60. The van der Waals surface area contributed by atoms with Crippen molar-refractivity contribution in [3.05, 3.63) is 46.1 Å². The first kappa shape index (κ1) is 18.3. The summed E-state index contributed by atoms with van der Waals surface area (Å²) in [5, 5.41) is 9.73. The highest BCUT2D eigenvalue weighted by Crippen LogP contribution is 2.16. The fourth-order valence-corrected chi connectivity index (χ4v) is 2.96. The van der Waals surface area contributed by atoms with Crippen molar-refractivity contribution in [3.63, 3.8) is 0 Å². The largest absolute Gasteiger partial charge is 0.349 e. The molecule has 1 amide bonds. The number of unbranched alkanes of at least 4 members (excludes halogenated alkanes) is 1. The van der Waals surface area contributed by atoms with Crippen LogP contribution in [0.1, 0.15) is 38.3 Å². The highest BCUT2D eigenvalue weighted by atomic mass is 32.2. The molecule has 0 bridgehead atoms. The summed E-state index contributed by atoms with van der Waals surface area (Å²) in [5.74, 6) is -0.326. The molecule has 1 aromatic carbocycles. The van der Waals surface area contributed by atoms with Gasteiger partial charge in [0.15, 0.2) is 5.16 Å². The Hall–Kier alpha value is -2.09. The maximum Gasteiger partial charge on any atom is 0.343 e. The van der Waals surface area contributed by atoms with Gasteiger partial charge < -0.3 is 5.32 Å². The summed E-state index contributed by atoms with van der Waals surface area (Å²) in [5.41, 5.74) is 0.570. The summed E-state index contributed by atoms with van der Waals surface area (Å²) >= 11 is 1.21. The number of amides is 1. The second-order valence-electron chi connectivity index (χ2n) is 5.45. The van der Waals surface area contributed by atoms with Crippen molar-refractivity contribution in [3.8, 4) is 0 Å². The number of nitrogens with zero attached hydrogens (tertiary/aromatic N) is 2. The zero-order valence-electron chi connectivity index (χ0n) is 13.7. The van der Waals surface area contributed by atoms with E-state index >= 15 is 0 Å². The van der Waals surface area contributed by atoms with Crippen molar-refractivity contribution in [2.24, 2.45) is 0 Å². The Morgan fingerprint density at radius 1 is 1.42 bits per heavy atom. The highest BCUT2D eigenvalue weighted by Gasteiger charge is 2.13. The molecule has 0 unspecified atom stereocenters. The Bertz CT molecular complexity index is 726. The Labute approximate surface area is 143 Å². The molecule has 0 saturated carbocycles. The molecule has 6 nitrogen and oxygen atoms in total. The predicted octanol–water partition coefficient (Wildman–Crippen LogP) is 2.48. The van der Waals surface area contributed by atoms with Crippen LogP contribution in [0.4, 0.5) is 4.39 Å². The van der Waals surface area contributed by atoms with Gasteiger partial charge in [0.05, 0.1) is 11.8 Å². The maximum atomic E-state index is 12.9. The normalized spacial score (nSPS) is 12.1. The molecular formula is C16H21FN4O2S. The van der Waals surface area contributed by atoms with Crippen LogP contribution in [0.2, 0.25) is 0 Å². The first-order valence-electron chi connectivity index (χ1n) is 7.84. The highest BCUT2D eigenvalue weighted by molar-refractivity contribution is 7.99. The lowest BCUT2D eigenvalue weighted by molar-refractivity contribution is -0.119. The van der Waals surface area contributed by atoms with Gasteiger partial charge in [0.25, 0.3) is 0 Å². The minimum absolute atomic E-state index is 0.155. The average molecular weight is 352 g/mol. The molecule has 2 rings (SSSR count). The van der Waals surface area contributed by atoms with Crippen LogP contribution in [0.5, 0.6) is 0 Å². The number of carbonyl (C=O) groups is 1. The summed E-state index contributed by atoms with van der Waals surface area (Å²) in [6, 6.07) is 5.79. The zero-order valence-corrected chi connectivity index (χ0v) is 14.5. The van der Waals surface area contributed by atoms with Crippen LogP contribution in [0, 0.1) is 5.82 Å². The van der Waals surface area contributed by atoms with E-state index < -0.39 is 0 Å². The Balaban J connectivity index is 1.89. The molecule has 0 spiro atoms. The molecule has 2 aromatic rings. The van der Waals surface area contributed by atoms with Crippen molar-refractivity contribution in [2.45, 2.75) is 44.4 Å². The monoisotopic (exact) mass is 352 g/mol. The zero-order chi connectivity index (χ0) is 17.5. The van der Waals surface area contributed by atoms with Crippen LogP contribution in [0.25, 0.3) is 0 Å². The summed E-state index contributed by atoms with van der Waals surface area (Å²) in [6.07, 6.45) is 1.85. The number of carbonyl (C=O) groups excluding carboxylic acids is 1. The number of hydrogen-bond acceptors (Lipinski definition) is 4. The fourth-order valence-electron chi connectivity index (χ4n) is 2.17. The Morgan fingerprint density at radius 2 is 2.12 bits per heavy atom. The van der Waals surface area contributed by atoms with Gasteiger partial charge in [0.2, 0.25) is 5.91 Å². The number of halogens is 1. The third-order valence-corrected chi connectivity index (χ3v) is 4.51. The lowest BCUT2D eigenvalue weighted by atomic mass is 10.1. The predicted molar refractivity (Wildman–Crippen MR) is 91.4 cm³/mol. The number of hydrogen-bond donors (Lipinski definition) is 2. The molecule has 1 heterocycles. The molecule has 0 aliphatic carbocycles. The minimum Gasteiger partial charge on any atom is -0.349 e.